The second-order valence-corrected chi connectivity index (χ2v) is 13.1. The minimum atomic E-state index is -2.81. The van der Waals surface area contributed by atoms with Gasteiger partial charge >= 0.3 is 8.56 Å². The molecule has 42 heavy (non-hydrogen) atoms. The highest BCUT2D eigenvalue weighted by Gasteiger charge is 2.32. The summed E-state index contributed by atoms with van der Waals surface area (Å²) in [7, 11) is -2.81. The van der Waals surface area contributed by atoms with Gasteiger partial charge in [0.15, 0.2) is 23.0 Å². The van der Waals surface area contributed by atoms with Crippen LogP contribution >= 0.6 is 0 Å². The minimum absolute atomic E-state index is 0.142. The second-order valence-electron chi connectivity index (χ2n) is 10.1. The molecular formula is C33H38O8Si. The number of rotatable bonds is 19. The van der Waals surface area contributed by atoms with Crippen molar-refractivity contribution in [3.8, 4) is 23.0 Å². The van der Waals surface area contributed by atoms with Crippen molar-refractivity contribution in [2.45, 2.75) is 24.9 Å². The summed E-state index contributed by atoms with van der Waals surface area (Å²) in [6.07, 6.45) is 3.81. The maximum atomic E-state index is 6.57. The first-order valence-electron chi connectivity index (χ1n) is 14.2. The molecule has 3 aromatic rings. The summed E-state index contributed by atoms with van der Waals surface area (Å²) in [5.41, 5.74) is 2.88. The number of epoxide rings is 2. The monoisotopic (exact) mass is 590 g/mol. The molecule has 8 nitrogen and oxygen atoms in total. The van der Waals surface area contributed by atoms with Crippen LogP contribution in [0.1, 0.15) is 5.56 Å². The van der Waals surface area contributed by atoms with E-state index < -0.39 is 14.7 Å². The van der Waals surface area contributed by atoms with Crippen LogP contribution in [0.3, 0.4) is 0 Å². The van der Waals surface area contributed by atoms with E-state index >= 15 is 0 Å². The van der Waals surface area contributed by atoms with Crippen molar-refractivity contribution in [1.29, 1.82) is 0 Å². The molecule has 222 valence electrons. The van der Waals surface area contributed by atoms with E-state index in [9.17, 15) is 0 Å². The average molecular weight is 591 g/mol. The van der Waals surface area contributed by atoms with Gasteiger partial charge in [0.25, 0.3) is 0 Å². The number of benzene rings is 3. The standard InChI is InChI=1S/C33H38O8Si/c1-3-42(2,40-19-11-14-26-12-5-4-6-13-26)41-29(24-38-32-17-9-7-15-30(32)36-22-27-20-34-27)25-39-33-18-10-8-16-31(33)37-23-28-21-35-28/h3-18,27-29H,1,19-25H2,2H3/b14-11+. The molecule has 0 saturated carbocycles. The summed E-state index contributed by atoms with van der Waals surface area (Å²) < 4.78 is 47.7. The third-order valence-electron chi connectivity index (χ3n) is 6.55. The van der Waals surface area contributed by atoms with Gasteiger partial charge in [0, 0.05) is 0 Å². The quantitative estimate of drug-likeness (QED) is 0.132. The minimum Gasteiger partial charge on any atom is -0.487 e. The summed E-state index contributed by atoms with van der Waals surface area (Å²) in [5, 5.41) is 0. The average Bonchev–Trinajstić information content (AvgIpc) is 3.96. The predicted molar refractivity (Wildman–Crippen MR) is 162 cm³/mol. The Morgan fingerprint density at radius 3 is 1.71 bits per heavy atom. The molecule has 3 aromatic carbocycles. The van der Waals surface area contributed by atoms with Crippen molar-refractivity contribution >= 4 is 14.6 Å². The topological polar surface area (TPSA) is 80.4 Å². The van der Waals surface area contributed by atoms with Gasteiger partial charge in [0.1, 0.15) is 44.7 Å². The van der Waals surface area contributed by atoms with E-state index in [0.29, 0.717) is 42.8 Å². The molecule has 0 N–H and O–H groups in total. The van der Waals surface area contributed by atoms with E-state index in [0.717, 1.165) is 18.8 Å². The third kappa shape index (κ3) is 9.75. The van der Waals surface area contributed by atoms with Crippen molar-refractivity contribution in [3.63, 3.8) is 0 Å². The lowest BCUT2D eigenvalue weighted by Gasteiger charge is -2.29. The van der Waals surface area contributed by atoms with Crippen molar-refractivity contribution < 1.29 is 37.3 Å². The summed E-state index contributed by atoms with van der Waals surface area (Å²) in [6, 6.07) is 25.2. The molecule has 2 fully saturated rings. The molecule has 9 heteroatoms. The van der Waals surface area contributed by atoms with Crippen molar-refractivity contribution in [3.05, 3.63) is 103 Å². The smallest absolute Gasteiger partial charge is 0.362 e. The number of hydrogen-bond acceptors (Lipinski definition) is 8. The van der Waals surface area contributed by atoms with Crippen molar-refractivity contribution in [2.75, 3.05) is 46.2 Å². The Bertz CT molecular complexity index is 1230. The number of hydrogen-bond donors (Lipinski definition) is 0. The van der Waals surface area contributed by atoms with Crippen LogP contribution in [0.2, 0.25) is 6.55 Å². The molecule has 2 heterocycles. The fourth-order valence-electron chi connectivity index (χ4n) is 3.99. The van der Waals surface area contributed by atoms with Crippen molar-refractivity contribution in [1.82, 2.24) is 0 Å². The maximum absolute atomic E-state index is 6.57. The molecule has 2 saturated heterocycles. The molecule has 3 unspecified atom stereocenters. The zero-order chi connectivity index (χ0) is 29.0. The van der Waals surface area contributed by atoms with Gasteiger partial charge in [-0.05, 0) is 42.1 Å². The van der Waals surface area contributed by atoms with Gasteiger partial charge in [-0.15, -0.1) is 6.58 Å². The molecule has 2 aliphatic rings. The van der Waals surface area contributed by atoms with Gasteiger partial charge in [-0.1, -0.05) is 66.7 Å². The highest BCUT2D eigenvalue weighted by Crippen LogP contribution is 2.30. The van der Waals surface area contributed by atoms with E-state index in [1.807, 2.05) is 97.6 Å². The van der Waals surface area contributed by atoms with Crippen LogP contribution in [0.15, 0.2) is 97.2 Å². The van der Waals surface area contributed by atoms with Gasteiger partial charge in [0.05, 0.1) is 19.8 Å². The highest BCUT2D eigenvalue weighted by atomic mass is 28.4. The molecular weight excluding hydrogens is 552 g/mol. The Morgan fingerprint density at radius 2 is 1.24 bits per heavy atom. The Kier molecular flexibility index (Phi) is 10.7. The number of para-hydroxylation sites is 4. The lowest BCUT2D eigenvalue weighted by atomic mass is 10.2. The van der Waals surface area contributed by atoms with Crippen LogP contribution < -0.4 is 18.9 Å². The third-order valence-corrected chi connectivity index (χ3v) is 8.83. The van der Waals surface area contributed by atoms with E-state index in [4.69, 9.17) is 37.3 Å². The van der Waals surface area contributed by atoms with Gasteiger partial charge < -0.3 is 37.3 Å². The largest absolute Gasteiger partial charge is 0.487 e. The molecule has 0 spiro atoms. The summed E-state index contributed by atoms with van der Waals surface area (Å²) in [4.78, 5) is 0. The van der Waals surface area contributed by atoms with E-state index in [-0.39, 0.29) is 25.4 Å². The zero-order valence-electron chi connectivity index (χ0n) is 23.9. The lowest BCUT2D eigenvalue weighted by molar-refractivity contribution is 0.0495. The summed E-state index contributed by atoms with van der Waals surface area (Å²) in [6.45, 7) is 9.20. The fraction of sp³-hybridized carbons (Fsp3) is 0.333. The Labute approximate surface area is 248 Å². The zero-order valence-corrected chi connectivity index (χ0v) is 24.9. The van der Waals surface area contributed by atoms with Gasteiger partial charge in [0.2, 0.25) is 0 Å². The van der Waals surface area contributed by atoms with Gasteiger partial charge in [-0.2, -0.15) is 0 Å². The van der Waals surface area contributed by atoms with Crippen molar-refractivity contribution in [2.24, 2.45) is 0 Å². The summed E-state index contributed by atoms with van der Waals surface area (Å²) in [5.74, 6) is 2.54. The van der Waals surface area contributed by atoms with E-state index in [1.165, 1.54) is 0 Å². The molecule has 3 atom stereocenters. The molecule has 0 radical (unpaired) electrons. The fourth-order valence-corrected chi connectivity index (χ4v) is 5.49. The normalized spacial score (nSPS) is 19.5. The Balaban J connectivity index is 1.24. The molecule has 0 bridgehead atoms. The van der Waals surface area contributed by atoms with Crippen LogP contribution in [0.25, 0.3) is 6.08 Å². The SMILES string of the molecule is C=C[Si](C)(OC/C=C/c1ccccc1)OC(COc1ccccc1OCC1CO1)COc1ccccc1OCC1CO1. The van der Waals surface area contributed by atoms with E-state index in [1.54, 1.807) is 5.70 Å². The molecule has 5 rings (SSSR count). The second kappa shape index (κ2) is 15.0. The Hall–Kier alpha value is -3.60. The van der Waals surface area contributed by atoms with Crippen LogP contribution in [-0.2, 0) is 18.3 Å². The lowest BCUT2D eigenvalue weighted by Crippen LogP contribution is -2.44. The first kappa shape index (κ1) is 29.9. The maximum Gasteiger partial charge on any atom is 0.362 e. The molecule has 2 aliphatic heterocycles. The van der Waals surface area contributed by atoms with Crippen LogP contribution in [-0.4, -0.2) is 73.1 Å². The van der Waals surface area contributed by atoms with Crippen LogP contribution in [0, 0.1) is 0 Å². The predicted octanol–water partition coefficient (Wildman–Crippen LogP) is 5.61. The van der Waals surface area contributed by atoms with Gasteiger partial charge in [-0.25, -0.2) is 0 Å². The van der Waals surface area contributed by atoms with Crippen LogP contribution in [0.5, 0.6) is 23.0 Å². The summed E-state index contributed by atoms with van der Waals surface area (Å²) >= 11 is 0. The number of ether oxygens (including phenoxy) is 6. The first-order valence-corrected chi connectivity index (χ1v) is 16.6. The molecule has 0 amide bonds. The first-order chi connectivity index (χ1) is 20.6. The molecule has 0 aromatic heterocycles. The molecule has 0 aliphatic carbocycles. The van der Waals surface area contributed by atoms with E-state index in [2.05, 4.69) is 6.58 Å². The van der Waals surface area contributed by atoms with Gasteiger partial charge in [-0.3, -0.25) is 0 Å². The van der Waals surface area contributed by atoms with Crippen LogP contribution in [0.4, 0.5) is 0 Å². The Morgan fingerprint density at radius 1 is 0.762 bits per heavy atom. The highest BCUT2D eigenvalue weighted by molar-refractivity contribution is 6.71.